The first-order chi connectivity index (χ1) is 6.29. The third-order valence-electron chi connectivity index (χ3n) is 1.43. The van der Waals surface area contributed by atoms with E-state index in [1.165, 1.54) is 22.7 Å². The van der Waals surface area contributed by atoms with Crippen molar-refractivity contribution in [1.29, 1.82) is 0 Å². The van der Waals surface area contributed by atoms with Gasteiger partial charge in [-0.05, 0) is 0 Å². The van der Waals surface area contributed by atoms with Gasteiger partial charge < -0.3 is 10.5 Å². The van der Waals surface area contributed by atoms with Crippen molar-refractivity contribution in [2.24, 2.45) is 0 Å². The molecule has 4 nitrogen and oxygen atoms in total. The lowest BCUT2D eigenvalue weighted by molar-refractivity contribution is 0.412. The largest absolute Gasteiger partial charge is 0.473 e. The van der Waals surface area contributed by atoms with E-state index in [2.05, 4.69) is 9.97 Å². The topological polar surface area (TPSA) is 61.0 Å². The fraction of sp³-hybridized carbons (Fsp3) is 0.143. The van der Waals surface area contributed by atoms with Gasteiger partial charge >= 0.3 is 0 Å². The van der Waals surface area contributed by atoms with Gasteiger partial charge in [0.15, 0.2) is 5.13 Å². The third kappa shape index (κ3) is 1.63. The highest BCUT2D eigenvalue weighted by molar-refractivity contribution is 7.24. The van der Waals surface area contributed by atoms with Gasteiger partial charge in [-0.3, -0.25) is 0 Å². The van der Waals surface area contributed by atoms with E-state index in [9.17, 15) is 0 Å². The van der Waals surface area contributed by atoms with Gasteiger partial charge in [-0.2, -0.15) is 0 Å². The first-order valence-corrected chi connectivity index (χ1v) is 5.14. The first kappa shape index (κ1) is 8.46. The number of aromatic nitrogens is 2. The fourth-order valence-corrected chi connectivity index (χ4v) is 2.34. The minimum Gasteiger partial charge on any atom is -0.473 e. The van der Waals surface area contributed by atoms with Crippen molar-refractivity contribution < 1.29 is 4.74 Å². The molecule has 0 saturated carbocycles. The molecule has 0 aliphatic heterocycles. The van der Waals surface area contributed by atoms with Gasteiger partial charge in [-0.1, -0.05) is 22.7 Å². The molecule has 6 heteroatoms. The zero-order valence-corrected chi connectivity index (χ0v) is 8.48. The molecule has 0 aliphatic rings. The lowest BCUT2D eigenvalue weighted by atomic mass is 10.5. The SMILES string of the molecule is COc1ncc(-c2cnc(N)s2)s1. The van der Waals surface area contributed by atoms with Gasteiger partial charge in [0, 0.05) is 6.20 Å². The monoisotopic (exact) mass is 213 g/mol. The predicted octanol–water partition coefficient (Wildman–Crippen LogP) is 1.86. The Balaban J connectivity index is 2.35. The molecule has 2 rings (SSSR count). The van der Waals surface area contributed by atoms with Crippen LogP contribution in [0, 0.1) is 0 Å². The average Bonchev–Trinajstić information content (AvgIpc) is 2.71. The zero-order chi connectivity index (χ0) is 9.26. The van der Waals surface area contributed by atoms with Gasteiger partial charge in [0.05, 0.1) is 23.1 Å². The Morgan fingerprint density at radius 2 is 1.92 bits per heavy atom. The van der Waals surface area contributed by atoms with Crippen LogP contribution in [0.3, 0.4) is 0 Å². The van der Waals surface area contributed by atoms with Crippen LogP contribution in [0.2, 0.25) is 0 Å². The Labute approximate surface area is 83.0 Å². The molecule has 2 aromatic rings. The van der Waals surface area contributed by atoms with Gasteiger partial charge in [-0.25, -0.2) is 9.97 Å². The Hall–Kier alpha value is -1.14. The van der Waals surface area contributed by atoms with Gasteiger partial charge in [0.25, 0.3) is 5.19 Å². The van der Waals surface area contributed by atoms with Gasteiger partial charge in [0.1, 0.15) is 0 Å². The molecule has 2 heterocycles. The molecule has 0 atom stereocenters. The molecule has 0 amide bonds. The minimum atomic E-state index is 0.572. The molecule has 2 N–H and O–H groups in total. The summed E-state index contributed by atoms with van der Waals surface area (Å²) in [7, 11) is 1.60. The summed E-state index contributed by atoms with van der Waals surface area (Å²) in [5.41, 5.74) is 5.52. The summed E-state index contributed by atoms with van der Waals surface area (Å²) in [5.74, 6) is 0. The van der Waals surface area contributed by atoms with E-state index in [0.29, 0.717) is 10.3 Å². The van der Waals surface area contributed by atoms with E-state index >= 15 is 0 Å². The number of nitrogen functional groups attached to an aromatic ring is 1. The zero-order valence-electron chi connectivity index (χ0n) is 6.85. The maximum absolute atomic E-state index is 5.52. The highest BCUT2D eigenvalue weighted by Gasteiger charge is 2.06. The maximum Gasteiger partial charge on any atom is 0.273 e. The molecule has 13 heavy (non-hydrogen) atoms. The molecule has 0 fully saturated rings. The van der Waals surface area contributed by atoms with Crippen molar-refractivity contribution in [3.63, 3.8) is 0 Å². The van der Waals surface area contributed by atoms with Crippen LogP contribution < -0.4 is 10.5 Å². The van der Waals surface area contributed by atoms with E-state index in [0.717, 1.165) is 9.75 Å². The molecule has 2 aromatic heterocycles. The maximum atomic E-state index is 5.52. The molecular formula is C7H7N3OS2. The Kier molecular flexibility index (Phi) is 2.15. The normalized spacial score (nSPS) is 10.2. The van der Waals surface area contributed by atoms with Crippen LogP contribution in [-0.2, 0) is 0 Å². The summed E-state index contributed by atoms with van der Waals surface area (Å²) in [6.07, 6.45) is 3.50. The van der Waals surface area contributed by atoms with E-state index in [-0.39, 0.29) is 0 Å². The number of nitrogens with two attached hydrogens (primary N) is 1. The second kappa shape index (κ2) is 3.31. The van der Waals surface area contributed by atoms with E-state index < -0.39 is 0 Å². The van der Waals surface area contributed by atoms with Crippen LogP contribution in [0.1, 0.15) is 0 Å². The average molecular weight is 213 g/mol. The molecule has 0 aliphatic carbocycles. The summed E-state index contributed by atoms with van der Waals surface area (Å²) in [6, 6.07) is 0. The van der Waals surface area contributed by atoms with Crippen LogP contribution in [0.5, 0.6) is 5.19 Å². The predicted molar refractivity (Wildman–Crippen MR) is 54.2 cm³/mol. The second-order valence-electron chi connectivity index (χ2n) is 2.26. The highest BCUT2D eigenvalue weighted by Crippen LogP contribution is 2.34. The number of nitrogens with zero attached hydrogens (tertiary/aromatic N) is 2. The third-order valence-corrected chi connectivity index (χ3v) is 3.41. The first-order valence-electron chi connectivity index (χ1n) is 3.51. The molecule has 0 unspecified atom stereocenters. The van der Waals surface area contributed by atoms with Crippen molar-refractivity contribution in [3.05, 3.63) is 12.4 Å². The molecule has 0 aromatic carbocycles. The van der Waals surface area contributed by atoms with Crippen LogP contribution >= 0.6 is 22.7 Å². The van der Waals surface area contributed by atoms with Crippen molar-refractivity contribution in [3.8, 4) is 14.9 Å². The van der Waals surface area contributed by atoms with E-state index in [1.54, 1.807) is 19.5 Å². The Bertz CT molecular complexity index is 409. The summed E-state index contributed by atoms with van der Waals surface area (Å²) in [5, 5.41) is 1.23. The lowest BCUT2D eigenvalue weighted by Crippen LogP contribution is -1.77. The van der Waals surface area contributed by atoms with E-state index in [4.69, 9.17) is 10.5 Å². The molecule has 0 radical (unpaired) electrons. The van der Waals surface area contributed by atoms with Gasteiger partial charge in [-0.15, -0.1) is 0 Å². The minimum absolute atomic E-state index is 0.572. The van der Waals surface area contributed by atoms with Crippen molar-refractivity contribution in [2.75, 3.05) is 12.8 Å². The molecule has 0 spiro atoms. The number of methoxy groups -OCH3 is 1. The number of hydrogen-bond acceptors (Lipinski definition) is 6. The van der Waals surface area contributed by atoms with Crippen LogP contribution in [-0.4, -0.2) is 17.1 Å². The summed E-state index contributed by atoms with van der Waals surface area (Å²) >= 11 is 2.93. The van der Waals surface area contributed by atoms with Crippen LogP contribution in [0.15, 0.2) is 12.4 Å². The van der Waals surface area contributed by atoms with Crippen LogP contribution in [0.4, 0.5) is 5.13 Å². The quantitative estimate of drug-likeness (QED) is 0.827. The molecule has 0 saturated heterocycles. The Morgan fingerprint density at radius 3 is 2.46 bits per heavy atom. The smallest absolute Gasteiger partial charge is 0.273 e. The molecule has 0 bridgehead atoms. The number of rotatable bonds is 2. The van der Waals surface area contributed by atoms with Crippen molar-refractivity contribution in [1.82, 2.24) is 9.97 Å². The highest BCUT2D eigenvalue weighted by atomic mass is 32.1. The van der Waals surface area contributed by atoms with Crippen LogP contribution in [0.25, 0.3) is 9.75 Å². The molecule has 68 valence electrons. The van der Waals surface area contributed by atoms with Crippen molar-refractivity contribution in [2.45, 2.75) is 0 Å². The van der Waals surface area contributed by atoms with Crippen molar-refractivity contribution >= 4 is 27.8 Å². The number of ether oxygens (including phenoxy) is 1. The standard InChI is InChI=1S/C7H7N3OS2/c1-11-7-10-3-5(13-7)4-2-9-6(8)12-4/h2-3H,1H3,(H2,8,9). The summed E-state index contributed by atoms with van der Waals surface area (Å²) in [4.78, 5) is 10.1. The fourth-order valence-electron chi connectivity index (χ4n) is 0.868. The number of anilines is 1. The van der Waals surface area contributed by atoms with E-state index in [1.807, 2.05) is 0 Å². The summed E-state index contributed by atoms with van der Waals surface area (Å²) < 4.78 is 4.98. The number of thiazole rings is 2. The Morgan fingerprint density at radius 1 is 1.23 bits per heavy atom. The number of hydrogen-bond donors (Lipinski definition) is 1. The lowest BCUT2D eigenvalue weighted by Gasteiger charge is -1.87. The summed E-state index contributed by atoms with van der Waals surface area (Å²) in [6.45, 7) is 0. The molecular weight excluding hydrogens is 206 g/mol. The van der Waals surface area contributed by atoms with Gasteiger partial charge in [0.2, 0.25) is 0 Å². The second-order valence-corrected chi connectivity index (χ2v) is 4.31.